The molecule has 0 aromatic carbocycles. The van der Waals surface area contributed by atoms with Gasteiger partial charge in [-0.15, -0.1) is 0 Å². The predicted molar refractivity (Wildman–Crippen MR) is 84.5 cm³/mol. The van der Waals surface area contributed by atoms with Crippen LogP contribution in [0.5, 0.6) is 0 Å². The number of nitrogens with one attached hydrogen (secondary N) is 1. The second-order valence-electron chi connectivity index (χ2n) is 6.39. The first-order valence-electron chi connectivity index (χ1n) is 8.16. The van der Waals surface area contributed by atoms with Crippen LogP contribution in [0.4, 0.5) is 5.82 Å². The molecule has 3 rings (SSSR count). The zero-order valence-electron chi connectivity index (χ0n) is 13.1. The lowest BCUT2D eigenvalue weighted by Gasteiger charge is -2.29. The largest absolute Gasteiger partial charge is 0.373 e. The highest BCUT2D eigenvalue weighted by molar-refractivity contribution is 5.95. The van der Waals surface area contributed by atoms with E-state index in [9.17, 15) is 4.79 Å². The summed E-state index contributed by atoms with van der Waals surface area (Å²) in [4.78, 5) is 19.4. The van der Waals surface area contributed by atoms with Gasteiger partial charge in [-0.25, -0.2) is 4.98 Å². The van der Waals surface area contributed by atoms with Crippen molar-refractivity contribution in [3.8, 4) is 0 Å². The number of likely N-dealkylation sites (tertiary alicyclic amines) is 1. The average Bonchev–Trinajstić information content (AvgIpc) is 3.16. The van der Waals surface area contributed by atoms with E-state index in [-0.39, 0.29) is 5.91 Å². The van der Waals surface area contributed by atoms with Gasteiger partial charge in [-0.3, -0.25) is 4.79 Å². The molecule has 4 heteroatoms. The molecule has 0 bridgehead atoms. The van der Waals surface area contributed by atoms with Crippen molar-refractivity contribution in [3.63, 3.8) is 0 Å². The lowest BCUT2D eigenvalue weighted by molar-refractivity contribution is 0.0689. The molecule has 1 aromatic heterocycles. The number of aryl methyl sites for hydroxylation is 1. The average molecular weight is 287 g/mol. The zero-order valence-corrected chi connectivity index (χ0v) is 13.1. The van der Waals surface area contributed by atoms with Gasteiger partial charge in [-0.2, -0.15) is 0 Å². The summed E-state index contributed by atoms with van der Waals surface area (Å²) in [6, 6.07) is 4.25. The molecule has 4 nitrogen and oxygen atoms in total. The van der Waals surface area contributed by atoms with Gasteiger partial charge in [0.2, 0.25) is 0 Å². The second-order valence-corrected chi connectivity index (χ2v) is 6.39. The maximum absolute atomic E-state index is 12.9. The minimum atomic E-state index is 0.186. The van der Waals surface area contributed by atoms with E-state index in [1.165, 1.54) is 32.1 Å². The third kappa shape index (κ3) is 2.89. The van der Waals surface area contributed by atoms with Crippen LogP contribution in [0.2, 0.25) is 0 Å². The topological polar surface area (TPSA) is 45.2 Å². The molecule has 1 atom stereocenters. The summed E-state index contributed by atoms with van der Waals surface area (Å²) in [6.45, 7) is 2.85. The Kier molecular flexibility index (Phi) is 4.13. The van der Waals surface area contributed by atoms with Gasteiger partial charge in [0, 0.05) is 30.9 Å². The van der Waals surface area contributed by atoms with E-state index in [1.807, 2.05) is 26.1 Å². The highest BCUT2D eigenvalue weighted by Gasteiger charge is 2.36. The van der Waals surface area contributed by atoms with Gasteiger partial charge in [0.1, 0.15) is 5.82 Å². The third-order valence-corrected chi connectivity index (χ3v) is 4.96. The molecule has 2 heterocycles. The summed E-state index contributed by atoms with van der Waals surface area (Å²) in [5, 5.41) is 3.04. The Morgan fingerprint density at radius 3 is 2.71 bits per heavy atom. The van der Waals surface area contributed by atoms with Crippen molar-refractivity contribution in [1.82, 2.24) is 9.88 Å². The van der Waals surface area contributed by atoms with Gasteiger partial charge in [-0.1, -0.05) is 12.8 Å². The van der Waals surface area contributed by atoms with Gasteiger partial charge in [0.05, 0.1) is 0 Å². The van der Waals surface area contributed by atoms with E-state index >= 15 is 0 Å². The summed E-state index contributed by atoms with van der Waals surface area (Å²) in [5.74, 6) is 1.68. The van der Waals surface area contributed by atoms with Crippen LogP contribution in [0, 0.1) is 12.8 Å². The molecule has 1 aromatic rings. The van der Waals surface area contributed by atoms with Crippen LogP contribution in [0.15, 0.2) is 12.1 Å². The Labute approximate surface area is 126 Å². The Bertz CT molecular complexity index is 523. The number of rotatable bonds is 3. The van der Waals surface area contributed by atoms with E-state index in [2.05, 4.69) is 15.2 Å². The van der Waals surface area contributed by atoms with Crippen LogP contribution in [0.1, 0.15) is 54.6 Å². The molecule has 1 amide bonds. The van der Waals surface area contributed by atoms with Crippen molar-refractivity contribution in [2.45, 2.75) is 51.5 Å². The Balaban J connectivity index is 1.81. The fraction of sp³-hybridized carbons (Fsp3) is 0.647. The molecule has 1 N–H and O–H groups in total. The molecule has 1 unspecified atom stereocenters. The molecule has 0 radical (unpaired) electrons. The van der Waals surface area contributed by atoms with E-state index in [1.54, 1.807) is 0 Å². The molecule has 2 fully saturated rings. The molecular weight excluding hydrogens is 262 g/mol. The number of amides is 1. The number of hydrogen-bond donors (Lipinski definition) is 1. The molecule has 1 saturated heterocycles. The van der Waals surface area contributed by atoms with Crippen molar-refractivity contribution < 1.29 is 4.79 Å². The lowest BCUT2D eigenvalue weighted by Crippen LogP contribution is -2.39. The molecule has 114 valence electrons. The molecular formula is C17H25N3O. The van der Waals surface area contributed by atoms with E-state index in [0.717, 1.165) is 36.0 Å². The van der Waals surface area contributed by atoms with Crippen molar-refractivity contribution in [1.29, 1.82) is 0 Å². The highest BCUT2D eigenvalue weighted by Crippen LogP contribution is 2.36. The Morgan fingerprint density at radius 2 is 2.00 bits per heavy atom. The first-order valence-corrected chi connectivity index (χ1v) is 8.16. The quantitative estimate of drug-likeness (QED) is 0.928. The van der Waals surface area contributed by atoms with E-state index in [0.29, 0.717) is 6.04 Å². The van der Waals surface area contributed by atoms with Crippen LogP contribution in [-0.4, -0.2) is 35.4 Å². The van der Waals surface area contributed by atoms with Crippen LogP contribution >= 0.6 is 0 Å². The number of anilines is 1. The fourth-order valence-corrected chi connectivity index (χ4v) is 3.96. The second kappa shape index (κ2) is 6.04. The fourth-order valence-electron chi connectivity index (χ4n) is 3.96. The number of aromatic nitrogens is 1. The standard InChI is InChI=1S/C17H25N3O/c1-12-10-14(11-16(18-2)19-12)17(21)20-9-5-8-15(20)13-6-3-4-7-13/h10-11,13,15H,3-9H2,1-2H3,(H,18,19). The summed E-state index contributed by atoms with van der Waals surface area (Å²) in [5.41, 5.74) is 1.67. The Hall–Kier alpha value is -1.58. The summed E-state index contributed by atoms with van der Waals surface area (Å²) in [7, 11) is 1.84. The molecule has 21 heavy (non-hydrogen) atoms. The van der Waals surface area contributed by atoms with Crippen LogP contribution in [-0.2, 0) is 0 Å². The summed E-state index contributed by atoms with van der Waals surface area (Å²) >= 11 is 0. The first-order chi connectivity index (χ1) is 10.2. The Morgan fingerprint density at radius 1 is 1.24 bits per heavy atom. The van der Waals surface area contributed by atoms with Crippen molar-refractivity contribution in [2.75, 3.05) is 18.9 Å². The SMILES string of the molecule is CNc1cc(C(=O)N2CCCC2C2CCCC2)cc(C)n1. The first kappa shape index (κ1) is 14.4. The minimum Gasteiger partial charge on any atom is -0.373 e. The van der Waals surface area contributed by atoms with Gasteiger partial charge in [-0.05, 0) is 50.7 Å². The van der Waals surface area contributed by atoms with Crippen LogP contribution in [0.3, 0.4) is 0 Å². The summed E-state index contributed by atoms with van der Waals surface area (Å²) < 4.78 is 0. The van der Waals surface area contributed by atoms with Crippen molar-refractivity contribution >= 4 is 11.7 Å². The molecule has 2 aliphatic rings. The van der Waals surface area contributed by atoms with Crippen molar-refractivity contribution in [3.05, 3.63) is 23.4 Å². The molecule has 1 aliphatic carbocycles. The molecule has 1 saturated carbocycles. The maximum atomic E-state index is 12.9. The lowest BCUT2D eigenvalue weighted by atomic mass is 9.95. The van der Waals surface area contributed by atoms with Gasteiger partial charge in [0.15, 0.2) is 0 Å². The highest BCUT2D eigenvalue weighted by atomic mass is 16.2. The van der Waals surface area contributed by atoms with Crippen molar-refractivity contribution in [2.24, 2.45) is 5.92 Å². The zero-order chi connectivity index (χ0) is 14.8. The number of nitrogens with zero attached hydrogens (tertiary/aromatic N) is 2. The number of carbonyl (C=O) groups excluding carboxylic acids is 1. The van der Waals surface area contributed by atoms with Crippen LogP contribution in [0.25, 0.3) is 0 Å². The minimum absolute atomic E-state index is 0.186. The smallest absolute Gasteiger partial charge is 0.254 e. The normalized spacial score (nSPS) is 22.8. The monoisotopic (exact) mass is 287 g/mol. The van der Waals surface area contributed by atoms with Gasteiger partial charge in [0.25, 0.3) is 5.91 Å². The number of carbonyl (C=O) groups is 1. The van der Waals surface area contributed by atoms with Gasteiger partial charge < -0.3 is 10.2 Å². The van der Waals surface area contributed by atoms with E-state index in [4.69, 9.17) is 0 Å². The number of hydrogen-bond acceptors (Lipinski definition) is 3. The maximum Gasteiger partial charge on any atom is 0.254 e. The predicted octanol–water partition coefficient (Wildman–Crippen LogP) is 3.23. The van der Waals surface area contributed by atoms with E-state index < -0.39 is 0 Å². The summed E-state index contributed by atoms with van der Waals surface area (Å²) in [6.07, 6.45) is 7.59. The van der Waals surface area contributed by atoms with Crippen LogP contribution < -0.4 is 5.32 Å². The number of pyridine rings is 1. The third-order valence-electron chi connectivity index (χ3n) is 4.96. The molecule has 0 spiro atoms. The molecule has 1 aliphatic heterocycles. The van der Waals surface area contributed by atoms with Gasteiger partial charge >= 0.3 is 0 Å².